The van der Waals surface area contributed by atoms with Gasteiger partial charge in [-0.2, -0.15) is 5.92 Å². The Balaban J connectivity index is 0.00000112. The normalized spacial score (nSPS) is 17.3. The standard InChI is InChI=1S/C13H18N.CH3.Na/c1-12-7-9-14(10-8-12)11-13-5-3-2-4-6-13;;/h2-6,12H,1,7-11H2;1H3;/q2*-1;+1. The number of hydrogen-bond donors (Lipinski definition) is 0. The summed E-state index contributed by atoms with van der Waals surface area (Å²) in [5.74, 6) is 0.682. The summed E-state index contributed by atoms with van der Waals surface area (Å²) in [6, 6.07) is 10.7. The van der Waals surface area contributed by atoms with Gasteiger partial charge in [0, 0.05) is 6.54 Å². The summed E-state index contributed by atoms with van der Waals surface area (Å²) < 4.78 is 0. The molecular weight excluding hydrogens is 205 g/mol. The molecule has 0 unspecified atom stereocenters. The molecule has 1 fully saturated rings. The van der Waals surface area contributed by atoms with Crippen LogP contribution in [-0.4, -0.2) is 18.0 Å². The Kier molecular flexibility index (Phi) is 8.39. The zero-order valence-corrected chi connectivity index (χ0v) is 12.7. The maximum absolute atomic E-state index is 4.11. The van der Waals surface area contributed by atoms with Crippen molar-refractivity contribution in [3.05, 3.63) is 50.2 Å². The fourth-order valence-corrected chi connectivity index (χ4v) is 1.99. The molecule has 1 aromatic rings. The minimum Gasteiger partial charge on any atom is -0.358 e. The van der Waals surface area contributed by atoms with Crippen LogP contribution in [0.1, 0.15) is 18.4 Å². The van der Waals surface area contributed by atoms with E-state index in [1.54, 1.807) is 0 Å². The van der Waals surface area contributed by atoms with Gasteiger partial charge in [-0.15, -0.1) is 0 Å². The molecule has 0 aromatic heterocycles. The topological polar surface area (TPSA) is 3.24 Å². The average Bonchev–Trinajstić information content (AvgIpc) is 2.23. The average molecular weight is 226 g/mol. The quantitative estimate of drug-likeness (QED) is 0.514. The molecule has 0 spiro atoms. The van der Waals surface area contributed by atoms with Crippen molar-refractivity contribution in [2.45, 2.75) is 19.4 Å². The van der Waals surface area contributed by atoms with Crippen molar-refractivity contribution in [1.82, 2.24) is 4.90 Å². The summed E-state index contributed by atoms with van der Waals surface area (Å²) in [5.41, 5.74) is 1.43. The molecule has 1 heterocycles. The van der Waals surface area contributed by atoms with Crippen LogP contribution in [0.5, 0.6) is 0 Å². The SMILES string of the molecule is [CH2-]C1CCN(Cc2ccccc2)CC1.[CH3-].[Na+]. The van der Waals surface area contributed by atoms with Gasteiger partial charge in [-0.05, 0) is 18.7 Å². The van der Waals surface area contributed by atoms with E-state index in [-0.39, 0.29) is 37.0 Å². The summed E-state index contributed by atoms with van der Waals surface area (Å²) in [5, 5.41) is 0. The van der Waals surface area contributed by atoms with Gasteiger partial charge in [0.15, 0.2) is 0 Å². The van der Waals surface area contributed by atoms with E-state index in [1.807, 2.05) is 0 Å². The van der Waals surface area contributed by atoms with Gasteiger partial charge < -0.3 is 14.4 Å². The van der Waals surface area contributed by atoms with Gasteiger partial charge in [-0.25, -0.2) is 0 Å². The van der Waals surface area contributed by atoms with Crippen LogP contribution in [0.4, 0.5) is 0 Å². The second kappa shape index (κ2) is 8.30. The van der Waals surface area contributed by atoms with Gasteiger partial charge in [0.25, 0.3) is 0 Å². The molecule has 0 radical (unpaired) electrons. The van der Waals surface area contributed by atoms with Gasteiger partial charge in [0.1, 0.15) is 0 Å². The van der Waals surface area contributed by atoms with Gasteiger partial charge >= 0.3 is 29.6 Å². The summed E-state index contributed by atoms with van der Waals surface area (Å²) in [6.07, 6.45) is 2.51. The number of likely N-dealkylation sites (tertiary alicyclic amines) is 1. The second-order valence-electron chi connectivity index (χ2n) is 4.21. The fraction of sp³-hybridized carbons (Fsp3) is 0.429. The van der Waals surface area contributed by atoms with Crippen LogP contribution in [0.3, 0.4) is 0 Å². The predicted molar refractivity (Wildman–Crippen MR) is 66.2 cm³/mol. The summed E-state index contributed by atoms with van der Waals surface area (Å²) in [4.78, 5) is 2.52. The molecule has 0 amide bonds. The van der Waals surface area contributed by atoms with Gasteiger partial charge in [0.05, 0.1) is 0 Å². The van der Waals surface area contributed by atoms with Crippen LogP contribution < -0.4 is 29.6 Å². The Labute approximate surface area is 123 Å². The second-order valence-corrected chi connectivity index (χ2v) is 4.21. The van der Waals surface area contributed by atoms with E-state index in [9.17, 15) is 0 Å². The van der Waals surface area contributed by atoms with Crippen LogP contribution in [-0.2, 0) is 6.54 Å². The first-order chi connectivity index (χ1) is 6.84. The van der Waals surface area contributed by atoms with Gasteiger partial charge in [0.2, 0.25) is 0 Å². The minimum absolute atomic E-state index is 0. The first kappa shape index (κ1) is 16.2. The van der Waals surface area contributed by atoms with Crippen molar-refractivity contribution in [1.29, 1.82) is 0 Å². The third kappa shape index (κ3) is 5.01. The number of piperidine rings is 1. The zero-order chi connectivity index (χ0) is 9.80. The molecule has 2 rings (SSSR count). The molecule has 0 saturated carbocycles. The number of rotatable bonds is 2. The zero-order valence-electron chi connectivity index (χ0n) is 10.7. The van der Waals surface area contributed by atoms with Crippen molar-refractivity contribution in [3.8, 4) is 0 Å². The van der Waals surface area contributed by atoms with Crippen LogP contribution in [0, 0.1) is 20.3 Å². The first-order valence-corrected chi connectivity index (χ1v) is 5.44. The van der Waals surface area contributed by atoms with Crippen molar-refractivity contribution in [3.63, 3.8) is 0 Å². The van der Waals surface area contributed by atoms with E-state index in [0.29, 0.717) is 5.92 Å². The van der Waals surface area contributed by atoms with Crippen LogP contribution >= 0.6 is 0 Å². The number of benzene rings is 1. The van der Waals surface area contributed by atoms with Crippen molar-refractivity contribution >= 4 is 0 Å². The van der Waals surface area contributed by atoms with E-state index in [0.717, 1.165) is 6.54 Å². The van der Waals surface area contributed by atoms with Crippen molar-refractivity contribution in [2.75, 3.05) is 13.1 Å². The largest absolute Gasteiger partial charge is 1.00 e. The maximum atomic E-state index is 4.11. The summed E-state index contributed by atoms with van der Waals surface area (Å²) in [7, 11) is 0. The Hall–Kier alpha value is 0.180. The van der Waals surface area contributed by atoms with E-state index in [2.05, 4.69) is 42.2 Å². The maximum Gasteiger partial charge on any atom is 1.00 e. The molecule has 2 heteroatoms. The molecule has 1 aliphatic heterocycles. The van der Waals surface area contributed by atoms with E-state index in [4.69, 9.17) is 0 Å². The minimum atomic E-state index is 0. The number of hydrogen-bond acceptors (Lipinski definition) is 1. The molecular formula is C14H21NNa-. The molecule has 0 bridgehead atoms. The summed E-state index contributed by atoms with van der Waals surface area (Å²) in [6.45, 7) is 7.64. The van der Waals surface area contributed by atoms with Gasteiger partial charge in [-0.1, -0.05) is 43.2 Å². The Morgan fingerprint density at radius 3 is 2.25 bits per heavy atom. The van der Waals surface area contributed by atoms with E-state index in [1.165, 1.54) is 31.5 Å². The molecule has 1 saturated heterocycles. The molecule has 0 aliphatic carbocycles. The van der Waals surface area contributed by atoms with Crippen LogP contribution in [0.15, 0.2) is 30.3 Å². The monoisotopic (exact) mass is 226 g/mol. The van der Waals surface area contributed by atoms with Crippen molar-refractivity contribution < 1.29 is 29.6 Å². The Bertz CT molecular complexity index is 265. The molecule has 1 aromatic carbocycles. The Morgan fingerprint density at radius 1 is 1.12 bits per heavy atom. The molecule has 0 N–H and O–H groups in total. The predicted octanol–water partition coefficient (Wildman–Crippen LogP) is 0.187. The summed E-state index contributed by atoms with van der Waals surface area (Å²) >= 11 is 0. The third-order valence-corrected chi connectivity index (χ3v) is 2.96. The molecule has 1 nitrogen and oxygen atoms in total. The number of nitrogens with zero attached hydrogens (tertiary/aromatic N) is 1. The fourth-order valence-electron chi connectivity index (χ4n) is 1.99. The molecule has 1 aliphatic rings. The molecule has 0 atom stereocenters. The van der Waals surface area contributed by atoms with Crippen LogP contribution in [0.2, 0.25) is 0 Å². The first-order valence-electron chi connectivity index (χ1n) is 5.44. The van der Waals surface area contributed by atoms with Crippen LogP contribution in [0.25, 0.3) is 0 Å². The Morgan fingerprint density at radius 2 is 1.69 bits per heavy atom. The van der Waals surface area contributed by atoms with E-state index >= 15 is 0 Å². The third-order valence-electron chi connectivity index (χ3n) is 2.96. The molecule has 84 valence electrons. The van der Waals surface area contributed by atoms with E-state index < -0.39 is 0 Å². The van der Waals surface area contributed by atoms with Gasteiger partial charge in [-0.3, -0.25) is 4.90 Å². The van der Waals surface area contributed by atoms with Crippen molar-refractivity contribution in [2.24, 2.45) is 5.92 Å². The molecule has 16 heavy (non-hydrogen) atoms. The smallest absolute Gasteiger partial charge is 0.358 e.